The summed E-state index contributed by atoms with van der Waals surface area (Å²) in [5.41, 5.74) is 5.46. The summed E-state index contributed by atoms with van der Waals surface area (Å²) in [7, 11) is 0. The maximum atomic E-state index is 11.0. The quantitative estimate of drug-likeness (QED) is 0.795. The molecular formula is C11H16N4O. The Kier molecular flexibility index (Phi) is 2.77. The van der Waals surface area contributed by atoms with Crippen LogP contribution >= 0.6 is 0 Å². The van der Waals surface area contributed by atoms with E-state index < -0.39 is 5.91 Å². The van der Waals surface area contributed by atoms with Crippen LogP contribution in [0.25, 0.3) is 0 Å². The molecule has 1 saturated heterocycles. The van der Waals surface area contributed by atoms with Crippen molar-refractivity contribution in [3.8, 4) is 0 Å². The number of amides is 1. The number of aromatic nitrogens is 2. The first-order valence-corrected chi connectivity index (χ1v) is 5.45. The highest BCUT2D eigenvalue weighted by atomic mass is 16.1. The van der Waals surface area contributed by atoms with Crippen molar-refractivity contribution in [2.24, 2.45) is 17.6 Å². The first-order chi connectivity index (χ1) is 7.58. The molecule has 16 heavy (non-hydrogen) atoms. The molecule has 1 amide bonds. The van der Waals surface area contributed by atoms with Crippen LogP contribution in [-0.4, -0.2) is 29.0 Å². The van der Waals surface area contributed by atoms with E-state index in [0.29, 0.717) is 17.8 Å². The fraction of sp³-hybridized carbons (Fsp3) is 0.545. The lowest BCUT2D eigenvalue weighted by Gasteiger charge is -2.15. The van der Waals surface area contributed by atoms with Crippen LogP contribution < -0.4 is 10.6 Å². The molecule has 2 unspecified atom stereocenters. The molecule has 1 aromatic rings. The summed E-state index contributed by atoms with van der Waals surface area (Å²) < 4.78 is 0. The van der Waals surface area contributed by atoms with Crippen LogP contribution in [0.1, 0.15) is 24.3 Å². The Hall–Kier alpha value is -1.65. The minimum absolute atomic E-state index is 0.275. The molecule has 2 N–H and O–H groups in total. The van der Waals surface area contributed by atoms with Crippen molar-refractivity contribution in [1.82, 2.24) is 9.97 Å². The van der Waals surface area contributed by atoms with Crippen LogP contribution in [0.5, 0.6) is 0 Å². The number of nitrogens with zero attached hydrogens (tertiary/aromatic N) is 3. The monoisotopic (exact) mass is 220 g/mol. The van der Waals surface area contributed by atoms with Crippen molar-refractivity contribution in [3.63, 3.8) is 0 Å². The molecule has 2 heterocycles. The van der Waals surface area contributed by atoms with Gasteiger partial charge < -0.3 is 10.6 Å². The van der Waals surface area contributed by atoms with E-state index in [1.165, 1.54) is 6.07 Å². The third-order valence-electron chi connectivity index (χ3n) is 3.17. The first kappa shape index (κ1) is 10.9. The van der Waals surface area contributed by atoms with Gasteiger partial charge in [-0.2, -0.15) is 0 Å². The second-order valence-corrected chi connectivity index (χ2v) is 4.47. The van der Waals surface area contributed by atoms with Crippen molar-refractivity contribution in [3.05, 3.63) is 18.0 Å². The van der Waals surface area contributed by atoms with E-state index in [4.69, 9.17) is 5.73 Å². The number of nitrogens with two attached hydrogens (primary N) is 1. The fourth-order valence-corrected chi connectivity index (χ4v) is 1.93. The van der Waals surface area contributed by atoms with Gasteiger partial charge in [-0.15, -0.1) is 0 Å². The Bertz CT molecular complexity index is 397. The zero-order chi connectivity index (χ0) is 11.7. The number of hydrogen-bond acceptors (Lipinski definition) is 4. The number of anilines is 1. The lowest BCUT2D eigenvalue weighted by Crippen LogP contribution is -2.24. The highest BCUT2D eigenvalue weighted by molar-refractivity contribution is 5.90. The Labute approximate surface area is 94.7 Å². The summed E-state index contributed by atoms with van der Waals surface area (Å²) >= 11 is 0. The molecular weight excluding hydrogens is 204 g/mol. The predicted octanol–water partition coefficient (Wildman–Crippen LogP) is 0.668. The van der Waals surface area contributed by atoms with E-state index in [-0.39, 0.29) is 5.69 Å². The van der Waals surface area contributed by atoms with Gasteiger partial charge in [-0.1, -0.05) is 13.8 Å². The maximum Gasteiger partial charge on any atom is 0.267 e. The molecule has 1 fully saturated rings. The normalized spacial score (nSPS) is 24.8. The summed E-state index contributed by atoms with van der Waals surface area (Å²) in [4.78, 5) is 21.5. The lowest BCUT2D eigenvalue weighted by atomic mass is 10.0. The minimum atomic E-state index is -0.510. The molecule has 86 valence electrons. The Morgan fingerprint density at radius 1 is 1.44 bits per heavy atom. The number of carbonyl (C=O) groups is 1. The summed E-state index contributed by atoms with van der Waals surface area (Å²) in [5, 5.41) is 0. The molecule has 5 heteroatoms. The molecule has 0 aliphatic carbocycles. The number of carbonyl (C=O) groups excluding carboxylic acids is 1. The highest BCUT2D eigenvalue weighted by Crippen LogP contribution is 2.25. The van der Waals surface area contributed by atoms with Crippen LogP contribution in [0.15, 0.2) is 12.3 Å². The molecule has 0 saturated carbocycles. The van der Waals surface area contributed by atoms with Crippen molar-refractivity contribution in [1.29, 1.82) is 0 Å². The van der Waals surface area contributed by atoms with Gasteiger partial charge >= 0.3 is 0 Å². The number of primary amides is 1. The van der Waals surface area contributed by atoms with Gasteiger partial charge in [0.05, 0.1) is 0 Å². The summed E-state index contributed by atoms with van der Waals surface area (Å²) in [6.45, 7) is 6.29. The van der Waals surface area contributed by atoms with Gasteiger partial charge in [0.15, 0.2) is 0 Å². The van der Waals surface area contributed by atoms with E-state index in [0.717, 1.165) is 13.1 Å². The second-order valence-electron chi connectivity index (χ2n) is 4.47. The summed E-state index contributed by atoms with van der Waals surface area (Å²) in [6, 6.07) is 1.54. The fourth-order valence-electron chi connectivity index (χ4n) is 1.93. The molecule has 2 atom stereocenters. The average Bonchev–Trinajstić information content (AvgIpc) is 2.59. The maximum absolute atomic E-state index is 11.0. The Balaban J connectivity index is 2.21. The van der Waals surface area contributed by atoms with E-state index in [1.54, 1.807) is 6.20 Å². The summed E-state index contributed by atoms with van der Waals surface area (Å²) in [5.74, 6) is 1.35. The van der Waals surface area contributed by atoms with Crippen molar-refractivity contribution in [2.45, 2.75) is 13.8 Å². The summed E-state index contributed by atoms with van der Waals surface area (Å²) in [6.07, 6.45) is 1.58. The molecule has 1 aromatic heterocycles. The zero-order valence-corrected chi connectivity index (χ0v) is 9.55. The van der Waals surface area contributed by atoms with Gasteiger partial charge in [-0.05, 0) is 17.9 Å². The zero-order valence-electron chi connectivity index (χ0n) is 9.55. The van der Waals surface area contributed by atoms with Crippen molar-refractivity contribution in [2.75, 3.05) is 18.0 Å². The second kappa shape index (κ2) is 4.08. The standard InChI is InChI=1S/C11H16N4O/c1-7-5-15(6-8(7)2)11-13-4-3-9(14-11)10(12)16/h3-4,7-8H,5-6H2,1-2H3,(H2,12,16). The van der Waals surface area contributed by atoms with Crippen molar-refractivity contribution < 1.29 is 4.79 Å². The van der Waals surface area contributed by atoms with E-state index in [1.807, 2.05) is 0 Å². The third-order valence-corrected chi connectivity index (χ3v) is 3.17. The number of hydrogen-bond donors (Lipinski definition) is 1. The minimum Gasteiger partial charge on any atom is -0.364 e. The lowest BCUT2D eigenvalue weighted by molar-refractivity contribution is 0.0995. The molecule has 0 spiro atoms. The molecule has 0 bridgehead atoms. The van der Waals surface area contributed by atoms with Gasteiger partial charge in [0.2, 0.25) is 5.95 Å². The first-order valence-electron chi connectivity index (χ1n) is 5.45. The molecule has 0 radical (unpaired) electrons. The molecule has 2 rings (SSSR count). The Morgan fingerprint density at radius 2 is 2.06 bits per heavy atom. The smallest absolute Gasteiger partial charge is 0.267 e. The molecule has 5 nitrogen and oxygen atoms in total. The van der Waals surface area contributed by atoms with E-state index in [9.17, 15) is 4.79 Å². The van der Waals surface area contributed by atoms with Gasteiger partial charge in [-0.3, -0.25) is 4.79 Å². The SMILES string of the molecule is CC1CN(c2nccc(C(N)=O)n2)CC1C. The largest absolute Gasteiger partial charge is 0.364 e. The highest BCUT2D eigenvalue weighted by Gasteiger charge is 2.27. The van der Waals surface area contributed by atoms with Gasteiger partial charge in [0, 0.05) is 19.3 Å². The van der Waals surface area contributed by atoms with Crippen LogP contribution in [-0.2, 0) is 0 Å². The number of rotatable bonds is 2. The van der Waals surface area contributed by atoms with Crippen LogP contribution in [0.4, 0.5) is 5.95 Å². The topological polar surface area (TPSA) is 72.1 Å². The average molecular weight is 220 g/mol. The van der Waals surface area contributed by atoms with Gasteiger partial charge in [0.1, 0.15) is 5.69 Å². The van der Waals surface area contributed by atoms with Gasteiger partial charge in [0.25, 0.3) is 5.91 Å². The molecule has 0 aromatic carbocycles. The van der Waals surface area contributed by atoms with Crippen LogP contribution in [0.3, 0.4) is 0 Å². The third kappa shape index (κ3) is 1.98. The van der Waals surface area contributed by atoms with Crippen LogP contribution in [0.2, 0.25) is 0 Å². The van der Waals surface area contributed by atoms with E-state index >= 15 is 0 Å². The van der Waals surface area contributed by atoms with Gasteiger partial charge in [-0.25, -0.2) is 9.97 Å². The Morgan fingerprint density at radius 3 is 2.62 bits per heavy atom. The molecule has 1 aliphatic rings. The van der Waals surface area contributed by atoms with E-state index in [2.05, 4.69) is 28.7 Å². The van der Waals surface area contributed by atoms with Crippen LogP contribution in [0, 0.1) is 11.8 Å². The van der Waals surface area contributed by atoms with Crippen molar-refractivity contribution >= 4 is 11.9 Å². The molecule has 1 aliphatic heterocycles. The predicted molar refractivity (Wildman–Crippen MR) is 61.1 cm³/mol.